The first-order valence-electron chi connectivity index (χ1n) is 7.53. The fraction of sp³-hybridized carbons (Fsp3) is 0.312. The molecule has 1 atom stereocenters. The molecule has 1 aliphatic rings. The third-order valence-corrected chi connectivity index (χ3v) is 4.67. The minimum absolute atomic E-state index is 0.0321. The van der Waals surface area contributed by atoms with E-state index in [4.69, 9.17) is 4.74 Å². The highest BCUT2D eigenvalue weighted by atomic mass is 32.1. The first kappa shape index (κ1) is 14.2. The number of nitrogens with zero attached hydrogens (tertiary/aromatic N) is 4. The summed E-state index contributed by atoms with van der Waals surface area (Å²) >= 11 is 1.48. The van der Waals surface area contributed by atoms with E-state index in [1.165, 1.54) is 11.3 Å². The van der Waals surface area contributed by atoms with E-state index >= 15 is 0 Å². The lowest BCUT2D eigenvalue weighted by Gasteiger charge is -2.17. The number of para-hydroxylation sites is 2. The predicted octanol–water partition coefficient (Wildman–Crippen LogP) is 2.17. The maximum absolute atomic E-state index is 12.5. The molecular weight excluding hydrogens is 312 g/mol. The van der Waals surface area contributed by atoms with Gasteiger partial charge in [-0.25, -0.2) is 9.97 Å². The summed E-state index contributed by atoms with van der Waals surface area (Å²) < 4.78 is 7.69. The molecule has 1 fully saturated rings. The van der Waals surface area contributed by atoms with Crippen molar-refractivity contribution >= 4 is 28.3 Å². The summed E-state index contributed by atoms with van der Waals surface area (Å²) in [7, 11) is 0. The molecule has 0 N–H and O–H groups in total. The average Bonchev–Trinajstić information content (AvgIpc) is 3.29. The molecule has 1 unspecified atom stereocenters. The highest BCUT2D eigenvalue weighted by molar-refractivity contribution is 7.11. The number of fused-ring (bicyclic) bond motifs is 1. The Hall–Kier alpha value is -2.41. The molecule has 1 aromatic carbocycles. The second-order valence-electron chi connectivity index (χ2n) is 5.53. The summed E-state index contributed by atoms with van der Waals surface area (Å²) in [6.45, 7) is 1.65. The van der Waals surface area contributed by atoms with Crippen LogP contribution in [-0.4, -0.2) is 44.5 Å². The Kier molecular flexibility index (Phi) is 3.70. The van der Waals surface area contributed by atoms with Gasteiger partial charge in [-0.2, -0.15) is 0 Å². The van der Waals surface area contributed by atoms with Crippen LogP contribution >= 0.6 is 11.3 Å². The van der Waals surface area contributed by atoms with E-state index in [-0.39, 0.29) is 12.0 Å². The van der Waals surface area contributed by atoms with Gasteiger partial charge in [-0.05, 0) is 12.1 Å². The zero-order valence-electron chi connectivity index (χ0n) is 12.5. The summed E-state index contributed by atoms with van der Waals surface area (Å²) in [6.07, 6.45) is 4.32. The van der Waals surface area contributed by atoms with Gasteiger partial charge in [0.2, 0.25) is 5.91 Å². The number of amides is 1. The number of aromatic nitrogens is 3. The van der Waals surface area contributed by atoms with E-state index < -0.39 is 0 Å². The van der Waals surface area contributed by atoms with Gasteiger partial charge in [-0.1, -0.05) is 23.5 Å². The van der Waals surface area contributed by atoms with Crippen molar-refractivity contribution in [2.24, 2.45) is 0 Å². The van der Waals surface area contributed by atoms with E-state index in [1.54, 1.807) is 12.5 Å². The maximum Gasteiger partial charge on any atom is 0.273 e. The summed E-state index contributed by atoms with van der Waals surface area (Å²) in [5, 5.41) is 2.56. The third-order valence-electron chi connectivity index (χ3n) is 4.01. The predicted molar refractivity (Wildman–Crippen MR) is 87.5 cm³/mol. The molecular formula is C16H16N4O2S. The lowest BCUT2D eigenvalue weighted by atomic mass is 10.3. The van der Waals surface area contributed by atoms with Crippen molar-refractivity contribution in [1.29, 1.82) is 0 Å². The molecule has 4 rings (SSSR count). The molecule has 3 aromatic rings. The number of carbonyl (C=O) groups is 1. The van der Waals surface area contributed by atoms with Crippen molar-refractivity contribution in [1.82, 2.24) is 19.4 Å². The number of benzene rings is 1. The van der Waals surface area contributed by atoms with E-state index in [9.17, 15) is 4.79 Å². The number of carbonyl (C=O) groups excluding carboxylic acids is 1. The van der Waals surface area contributed by atoms with Gasteiger partial charge in [-0.3, -0.25) is 4.79 Å². The number of imidazole rings is 1. The van der Waals surface area contributed by atoms with Crippen LogP contribution in [0.4, 0.5) is 0 Å². The van der Waals surface area contributed by atoms with Crippen LogP contribution in [0.3, 0.4) is 0 Å². The van der Waals surface area contributed by atoms with Crippen molar-refractivity contribution in [3.8, 4) is 5.19 Å². The van der Waals surface area contributed by atoms with Crippen LogP contribution in [0.15, 0.2) is 42.2 Å². The van der Waals surface area contributed by atoms with E-state index in [0.29, 0.717) is 18.3 Å². The normalized spacial score (nSPS) is 17.7. The number of thiazole rings is 1. The molecule has 0 bridgehead atoms. The molecule has 118 valence electrons. The van der Waals surface area contributed by atoms with Gasteiger partial charge in [0.15, 0.2) is 0 Å². The molecule has 3 heterocycles. The molecule has 1 saturated heterocycles. The molecule has 6 nitrogen and oxygen atoms in total. The number of likely N-dealkylation sites (tertiary alicyclic amines) is 1. The zero-order chi connectivity index (χ0) is 15.6. The Balaban J connectivity index is 1.40. The van der Waals surface area contributed by atoms with Gasteiger partial charge in [0.05, 0.1) is 23.9 Å². The van der Waals surface area contributed by atoms with Crippen molar-refractivity contribution in [3.63, 3.8) is 0 Å². The van der Waals surface area contributed by atoms with Crippen molar-refractivity contribution in [3.05, 3.63) is 42.2 Å². The monoisotopic (exact) mass is 328 g/mol. The van der Waals surface area contributed by atoms with Crippen LogP contribution in [0, 0.1) is 0 Å². The van der Waals surface area contributed by atoms with E-state index in [2.05, 4.69) is 9.97 Å². The smallest absolute Gasteiger partial charge is 0.273 e. The van der Waals surface area contributed by atoms with E-state index in [1.807, 2.05) is 39.1 Å². The third kappa shape index (κ3) is 2.92. The average molecular weight is 328 g/mol. The molecule has 0 saturated carbocycles. The molecule has 23 heavy (non-hydrogen) atoms. The van der Waals surface area contributed by atoms with Crippen LogP contribution in [0.5, 0.6) is 5.19 Å². The van der Waals surface area contributed by atoms with Crippen LogP contribution in [0.25, 0.3) is 11.0 Å². The fourth-order valence-corrected chi connectivity index (χ4v) is 3.40. The SMILES string of the molecule is O=C(Cn1cnc2ccccc21)N1CCC(Oc2nccs2)C1. The van der Waals surface area contributed by atoms with Crippen LogP contribution in [0.2, 0.25) is 0 Å². The summed E-state index contributed by atoms with van der Waals surface area (Å²) in [5.41, 5.74) is 1.89. The highest BCUT2D eigenvalue weighted by Gasteiger charge is 2.28. The quantitative estimate of drug-likeness (QED) is 0.736. The molecule has 0 radical (unpaired) electrons. The molecule has 1 aliphatic heterocycles. The number of rotatable bonds is 4. The minimum atomic E-state index is 0.0321. The van der Waals surface area contributed by atoms with Gasteiger partial charge in [0.1, 0.15) is 12.6 Å². The largest absolute Gasteiger partial charge is 0.465 e. The van der Waals surface area contributed by atoms with Crippen LogP contribution in [-0.2, 0) is 11.3 Å². The van der Waals surface area contributed by atoms with Gasteiger partial charge in [-0.15, -0.1) is 0 Å². The Morgan fingerprint density at radius 2 is 2.26 bits per heavy atom. The minimum Gasteiger partial charge on any atom is -0.465 e. The van der Waals surface area contributed by atoms with Crippen molar-refractivity contribution in [2.45, 2.75) is 19.1 Å². The molecule has 7 heteroatoms. The Morgan fingerprint density at radius 1 is 1.35 bits per heavy atom. The Morgan fingerprint density at radius 3 is 3.13 bits per heavy atom. The molecule has 0 spiro atoms. The molecule has 2 aromatic heterocycles. The summed E-state index contributed by atoms with van der Waals surface area (Å²) in [4.78, 5) is 22.8. The van der Waals surface area contributed by atoms with Crippen molar-refractivity contribution in [2.75, 3.05) is 13.1 Å². The van der Waals surface area contributed by atoms with Crippen LogP contribution in [0.1, 0.15) is 6.42 Å². The molecule has 0 aliphatic carbocycles. The first-order valence-corrected chi connectivity index (χ1v) is 8.41. The van der Waals surface area contributed by atoms with Gasteiger partial charge in [0.25, 0.3) is 5.19 Å². The summed E-state index contributed by atoms with van der Waals surface area (Å²) in [5.74, 6) is 0.0957. The van der Waals surface area contributed by atoms with Crippen molar-refractivity contribution < 1.29 is 9.53 Å². The Labute approximate surface area is 137 Å². The topological polar surface area (TPSA) is 60.2 Å². The van der Waals surface area contributed by atoms with Gasteiger partial charge in [0, 0.05) is 24.5 Å². The molecule has 1 amide bonds. The number of hydrogen-bond donors (Lipinski definition) is 0. The van der Waals surface area contributed by atoms with Crippen LogP contribution < -0.4 is 4.74 Å². The fourth-order valence-electron chi connectivity index (χ4n) is 2.84. The van der Waals surface area contributed by atoms with E-state index in [0.717, 1.165) is 24.0 Å². The second kappa shape index (κ2) is 6.00. The first-order chi connectivity index (χ1) is 11.3. The maximum atomic E-state index is 12.5. The zero-order valence-corrected chi connectivity index (χ0v) is 13.3. The standard InChI is InChI=1S/C16H16N4O2S/c21-15(10-20-11-18-13-3-1-2-4-14(13)20)19-7-5-12(9-19)22-16-17-6-8-23-16/h1-4,6,8,11-12H,5,7,9-10H2. The highest BCUT2D eigenvalue weighted by Crippen LogP contribution is 2.21. The lowest BCUT2D eigenvalue weighted by molar-refractivity contribution is -0.131. The number of ether oxygens (including phenoxy) is 1. The summed E-state index contributed by atoms with van der Waals surface area (Å²) in [6, 6.07) is 7.83. The van der Waals surface area contributed by atoms with Gasteiger partial charge >= 0.3 is 0 Å². The lowest BCUT2D eigenvalue weighted by Crippen LogP contribution is -2.33. The number of hydrogen-bond acceptors (Lipinski definition) is 5. The second-order valence-corrected chi connectivity index (χ2v) is 6.38. The van der Waals surface area contributed by atoms with Gasteiger partial charge < -0.3 is 14.2 Å². The Bertz CT molecular complexity index is 814.